The summed E-state index contributed by atoms with van der Waals surface area (Å²) < 4.78 is 19.0. The molecule has 2 rings (SSSR count). The summed E-state index contributed by atoms with van der Waals surface area (Å²) in [6.45, 7) is 0. The molecule has 0 amide bonds. The third-order valence-corrected chi connectivity index (χ3v) is 2.67. The molecule has 92 valence electrons. The summed E-state index contributed by atoms with van der Waals surface area (Å²) in [5.41, 5.74) is 5.45. The van der Waals surface area contributed by atoms with Gasteiger partial charge in [-0.25, -0.2) is 14.4 Å². The first kappa shape index (κ1) is 12.4. The number of benzene rings is 1. The lowest BCUT2D eigenvalue weighted by Gasteiger charge is -2.08. The van der Waals surface area contributed by atoms with E-state index in [0.29, 0.717) is 4.47 Å². The van der Waals surface area contributed by atoms with E-state index in [1.807, 2.05) is 0 Å². The molecule has 0 saturated heterocycles. The summed E-state index contributed by atoms with van der Waals surface area (Å²) in [5.74, 6) is -0.415. The summed E-state index contributed by atoms with van der Waals surface area (Å²) in [4.78, 5) is 7.78. The summed E-state index contributed by atoms with van der Waals surface area (Å²) in [6, 6.07) is 4.27. The van der Waals surface area contributed by atoms with Gasteiger partial charge in [0.25, 0.3) is 0 Å². The van der Waals surface area contributed by atoms with Gasteiger partial charge in [-0.2, -0.15) is 0 Å². The van der Waals surface area contributed by atoms with E-state index in [2.05, 4.69) is 25.9 Å². The van der Waals surface area contributed by atoms with E-state index in [0.717, 1.165) is 0 Å². The first-order valence-corrected chi connectivity index (χ1v) is 5.65. The summed E-state index contributed by atoms with van der Waals surface area (Å²) in [7, 11) is 0. The second kappa shape index (κ2) is 5.09. The van der Waals surface area contributed by atoms with Crippen LogP contribution in [0.4, 0.5) is 4.39 Å². The highest BCUT2D eigenvalue weighted by atomic mass is 79.9. The van der Waals surface area contributed by atoms with E-state index in [1.54, 1.807) is 6.07 Å². The van der Waals surface area contributed by atoms with E-state index in [4.69, 9.17) is 15.9 Å². The molecule has 3 N–H and O–H groups in total. The third-order valence-electron chi connectivity index (χ3n) is 2.03. The van der Waals surface area contributed by atoms with Gasteiger partial charge in [0.2, 0.25) is 5.88 Å². The zero-order valence-electron chi connectivity index (χ0n) is 9.02. The van der Waals surface area contributed by atoms with Gasteiger partial charge in [-0.15, -0.1) is 0 Å². The predicted octanol–water partition coefficient (Wildman–Crippen LogP) is 2.45. The van der Waals surface area contributed by atoms with Crippen molar-refractivity contribution < 1.29 is 9.13 Å². The molecule has 0 bridgehead atoms. The molecule has 0 aliphatic heterocycles. The highest BCUT2D eigenvalue weighted by Gasteiger charge is 2.11. The number of nitrogens with two attached hydrogens (primary N) is 1. The van der Waals surface area contributed by atoms with Gasteiger partial charge in [-0.1, -0.05) is 0 Å². The highest BCUT2D eigenvalue weighted by molar-refractivity contribution is 9.10. The molecule has 0 aliphatic rings. The van der Waals surface area contributed by atoms with Crippen molar-refractivity contribution in [1.82, 2.24) is 9.97 Å². The minimum atomic E-state index is -0.458. The van der Waals surface area contributed by atoms with Crippen LogP contribution in [0.1, 0.15) is 5.69 Å². The lowest BCUT2D eigenvalue weighted by Crippen LogP contribution is -2.15. The molecule has 0 spiro atoms. The van der Waals surface area contributed by atoms with Gasteiger partial charge in [-0.3, -0.25) is 5.41 Å². The molecule has 0 saturated carbocycles. The number of hydrogen-bond acceptors (Lipinski definition) is 4. The average molecular weight is 311 g/mol. The fraction of sp³-hybridized carbons (Fsp3) is 0. The van der Waals surface area contributed by atoms with Crippen molar-refractivity contribution in [3.05, 3.63) is 46.6 Å². The zero-order valence-corrected chi connectivity index (χ0v) is 10.6. The largest absolute Gasteiger partial charge is 0.437 e. The Kier molecular flexibility index (Phi) is 3.52. The van der Waals surface area contributed by atoms with Crippen LogP contribution >= 0.6 is 15.9 Å². The van der Waals surface area contributed by atoms with E-state index in [9.17, 15) is 4.39 Å². The summed E-state index contributed by atoms with van der Waals surface area (Å²) in [5, 5.41) is 7.33. The number of nitrogens with zero attached hydrogens (tertiary/aromatic N) is 2. The maximum atomic E-state index is 13.3. The van der Waals surface area contributed by atoms with Gasteiger partial charge in [0.1, 0.15) is 17.4 Å². The summed E-state index contributed by atoms with van der Waals surface area (Å²) in [6.07, 6.45) is 2.79. The van der Waals surface area contributed by atoms with Crippen LogP contribution in [0.2, 0.25) is 0 Å². The van der Waals surface area contributed by atoms with Crippen LogP contribution in [0, 0.1) is 11.2 Å². The van der Waals surface area contributed by atoms with Gasteiger partial charge >= 0.3 is 0 Å². The Hall–Kier alpha value is -2.02. The molecule has 1 aromatic carbocycles. The van der Waals surface area contributed by atoms with Crippen LogP contribution in [0.3, 0.4) is 0 Å². The maximum Gasteiger partial charge on any atom is 0.249 e. The van der Waals surface area contributed by atoms with Gasteiger partial charge in [0.05, 0.1) is 4.47 Å². The van der Waals surface area contributed by atoms with Crippen molar-refractivity contribution in [3.8, 4) is 11.6 Å². The average Bonchev–Trinajstić information content (AvgIpc) is 2.34. The van der Waals surface area contributed by atoms with Crippen molar-refractivity contribution in [2.75, 3.05) is 0 Å². The normalized spacial score (nSPS) is 10.1. The van der Waals surface area contributed by atoms with Crippen molar-refractivity contribution >= 4 is 21.8 Å². The molecule has 0 aliphatic carbocycles. The number of ether oxygens (including phenoxy) is 1. The van der Waals surface area contributed by atoms with Gasteiger partial charge in [0.15, 0.2) is 5.69 Å². The van der Waals surface area contributed by atoms with Gasteiger partial charge in [0, 0.05) is 18.5 Å². The Bertz CT molecular complexity index is 605. The van der Waals surface area contributed by atoms with Crippen LogP contribution in [-0.4, -0.2) is 15.8 Å². The Balaban J connectivity index is 2.34. The Morgan fingerprint density at radius 2 is 2.06 bits per heavy atom. The Morgan fingerprint density at radius 1 is 1.33 bits per heavy atom. The van der Waals surface area contributed by atoms with Crippen molar-refractivity contribution in [1.29, 1.82) is 5.41 Å². The molecule has 7 heteroatoms. The molecule has 1 heterocycles. The first-order chi connectivity index (χ1) is 8.58. The Morgan fingerprint density at radius 3 is 2.72 bits per heavy atom. The van der Waals surface area contributed by atoms with E-state index in [-0.39, 0.29) is 23.2 Å². The molecule has 0 fully saturated rings. The molecule has 0 atom stereocenters. The quantitative estimate of drug-likeness (QED) is 0.673. The Labute approximate surface area is 110 Å². The van der Waals surface area contributed by atoms with Gasteiger partial charge < -0.3 is 10.5 Å². The number of aromatic nitrogens is 2. The minimum Gasteiger partial charge on any atom is -0.437 e. The highest BCUT2D eigenvalue weighted by Crippen LogP contribution is 2.25. The minimum absolute atomic E-state index is 0.0618. The van der Waals surface area contributed by atoms with Crippen molar-refractivity contribution in [2.24, 2.45) is 5.73 Å². The maximum absolute atomic E-state index is 13.3. The second-order valence-electron chi connectivity index (χ2n) is 3.30. The molecule has 5 nitrogen and oxygen atoms in total. The second-order valence-corrected chi connectivity index (χ2v) is 4.16. The topological polar surface area (TPSA) is 84.9 Å². The smallest absolute Gasteiger partial charge is 0.249 e. The number of nitrogen functional groups attached to an aromatic ring is 1. The molecule has 18 heavy (non-hydrogen) atoms. The van der Waals surface area contributed by atoms with Crippen molar-refractivity contribution in [2.45, 2.75) is 0 Å². The molecular weight excluding hydrogens is 303 g/mol. The lowest BCUT2D eigenvalue weighted by molar-refractivity contribution is 0.453. The third kappa shape index (κ3) is 2.62. The number of nitrogens with one attached hydrogen (secondary N) is 1. The van der Waals surface area contributed by atoms with E-state index in [1.165, 1.54) is 24.5 Å². The zero-order chi connectivity index (χ0) is 13.1. The SMILES string of the molecule is N=C(N)c1nccnc1Oc1ccc(Br)c(F)c1. The first-order valence-electron chi connectivity index (χ1n) is 4.86. The van der Waals surface area contributed by atoms with Crippen LogP contribution in [0.15, 0.2) is 35.1 Å². The van der Waals surface area contributed by atoms with Crippen LogP contribution in [0.5, 0.6) is 11.6 Å². The number of halogens is 2. The standard InChI is InChI=1S/C11H8BrFN4O/c12-7-2-1-6(5-8(7)13)18-11-9(10(14)15)16-3-4-17-11/h1-5H,(H3,14,15). The van der Waals surface area contributed by atoms with Crippen LogP contribution < -0.4 is 10.5 Å². The molecule has 0 unspecified atom stereocenters. The lowest BCUT2D eigenvalue weighted by atomic mass is 10.3. The molecular formula is C11H8BrFN4O. The fourth-order valence-electron chi connectivity index (χ4n) is 1.24. The van der Waals surface area contributed by atoms with E-state index >= 15 is 0 Å². The predicted molar refractivity (Wildman–Crippen MR) is 67.2 cm³/mol. The fourth-order valence-corrected chi connectivity index (χ4v) is 1.48. The van der Waals surface area contributed by atoms with Crippen LogP contribution in [-0.2, 0) is 0 Å². The monoisotopic (exact) mass is 310 g/mol. The number of rotatable bonds is 3. The molecule has 0 radical (unpaired) electrons. The summed E-state index contributed by atoms with van der Waals surface area (Å²) >= 11 is 3.04. The van der Waals surface area contributed by atoms with E-state index < -0.39 is 5.82 Å². The molecule has 2 aromatic rings. The van der Waals surface area contributed by atoms with Crippen molar-refractivity contribution in [3.63, 3.8) is 0 Å². The number of hydrogen-bond donors (Lipinski definition) is 2. The van der Waals surface area contributed by atoms with Gasteiger partial charge in [-0.05, 0) is 28.1 Å². The number of amidine groups is 1. The van der Waals surface area contributed by atoms with Crippen LogP contribution in [0.25, 0.3) is 0 Å². The molecule has 1 aromatic heterocycles.